The molecule has 5 rings (SSSR count). The van der Waals surface area contributed by atoms with E-state index < -0.39 is 0 Å². The van der Waals surface area contributed by atoms with Gasteiger partial charge in [-0.05, 0) is 56.2 Å². The molecule has 0 saturated heterocycles. The molecule has 10 heteroatoms. The Hall–Kier alpha value is -3.11. The first-order chi connectivity index (χ1) is 15.6. The van der Waals surface area contributed by atoms with Gasteiger partial charge in [0.25, 0.3) is 0 Å². The summed E-state index contributed by atoms with van der Waals surface area (Å²) < 4.78 is 15.3. The number of carbonyl (C=O) groups excluding carboxylic acids is 1. The van der Waals surface area contributed by atoms with Gasteiger partial charge in [0.2, 0.25) is 5.91 Å². The quantitative estimate of drug-likeness (QED) is 0.383. The average molecular weight is 467 g/mol. The number of benzene rings is 1. The number of thioether (sulfide) groups is 1. The molecular weight excluding hydrogens is 447 g/mol. The lowest BCUT2D eigenvalue weighted by atomic mass is 10.2. The van der Waals surface area contributed by atoms with Gasteiger partial charge in [-0.2, -0.15) is 0 Å². The van der Waals surface area contributed by atoms with E-state index in [-0.39, 0.29) is 17.0 Å². The molecule has 3 aromatic heterocycles. The Morgan fingerprint density at radius 1 is 1.16 bits per heavy atom. The number of amides is 1. The number of hydrogen-bond donors (Lipinski definition) is 1. The highest BCUT2D eigenvalue weighted by atomic mass is 32.2. The van der Waals surface area contributed by atoms with Crippen molar-refractivity contribution in [2.75, 3.05) is 5.32 Å². The SMILES string of the molecule is C[C@H](Sc1nnc(-c2ccncc2)n1C1CC1)C(=O)Nc1nc(-c2ccc(F)cc2)cs1. The van der Waals surface area contributed by atoms with E-state index in [1.54, 1.807) is 24.5 Å². The molecule has 1 fully saturated rings. The van der Waals surface area contributed by atoms with Crippen LogP contribution >= 0.6 is 23.1 Å². The number of pyridine rings is 1. The number of thiazole rings is 1. The minimum absolute atomic E-state index is 0.161. The molecule has 3 heterocycles. The van der Waals surface area contributed by atoms with Crippen molar-refractivity contribution in [3.8, 4) is 22.6 Å². The van der Waals surface area contributed by atoms with Crippen molar-refractivity contribution in [1.82, 2.24) is 24.7 Å². The van der Waals surface area contributed by atoms with Gasteiger partial charge in [0.05, 0.1) is 10.9 Å². The molecule has 4 aromatic rings. The van der Waals surface area contributed by atoms with Crippen molar-refractivity contribution < 1.29 is 9.18 Å². The van der Waals surface area contributed by atoms with Crippen LogP contribution in [0.1, 0.15) is 25.8 Å². The van der Waals surface area contributed by atoms with Crippen LogP contribution in [0.2, 0.25) is 0 Å². The molecular formula is C22H19FN6OS2. The summed E-state index contributed by atoms with van der Waals surface area (Å²) >= 11 is 2.72. The second-order valence-corrected chi connectivity index (χ2v) is 9.60. The van der Waals surface area contributed by atoms with E-state index in [1.807, 2.05) is 24.4 Å². The summed E-state index contributed by atoms with van der Waals surface area (Å²) in [5.74, 6) is 0.342. The number of anilines is 1. The third-order valence-corrected chi connectivity index (χ3v) is 6.86. The molecule has 7 nitrogen and oxygen atoms in total. The molecule has 0 bridgehead atoms. The highest BCUT2D eigenvalue weighted by Gasteiger charge is 2.31. The average Bonchev–Trinajstić information content (AvgIpc) is 3.39. The lowest BCUT2D eigenvalue weighted by Gasteiger charge is -2.12. The first-order valence-electron chi connectivity index (χ1n) is 10.1. The molecule has 0 spiro atoms. The van der Waals surface area contributed by atoms with Gasteiger partial charge in [-0.15, -0.1) is 21.5 Å². The van der Waals surface area contributed by atoms with Crippen molar-refractivity contribution in [1.29, 1.82) is 0 Å². The molecule has 32 heavy (non-hydrogen) atoms. The third-order valence-electron chi connectivity index (χ3n) is 5.04. The summed E-state index contributed by atoms with van der Waals surface area (Å²) in [7, 11) is 0. The van der Waals surface area contributed by atoms with Crippen LogP contribution < -0.4 is 5.32 Å². The van der Waals surface area contributed by atoms with Crippen LogP contribution in [0.4, 0.5) is 9.52 Å². The molecule has 1 aliphatic carbocycles. The lowest BCUT2D eigenvalue weighted by molar-refractivity contribution is -0.115. The molecule has 1 N–H and O–H groups in total. The van der Waals surface area contributed by atoms with Crippen molar-refractivity contribution in [3.63, 3.8) is 0 Å². The molecule has 0 radical (unpaired) electrons. The van der Waals surface area contributed by atoms with Gasteiger partial charge in [-0.25, -0.2) is 9.37 Å². The molecule has 1 saturated carbocycles. The minimum Gasteiger partial charge on any atom is -0.301 e. The fraction of sp³-hybridized carbons (Fsp3) is 0.227. The molecule has 1 atom stereocenters. The van der Waals surface area contributed by atoms with Gasteiger partial charge in [-0.1, -0.05) is 11.8 Å². The van der Waals surface area contributed by atoms with E-state index in [4.69, 9.17) is 0 Å². The maximum Gasteiger partial charge on any atom is 0.239 e. The third kappa shape index (κ3) is 4.42. The van der Waals surface area contributed by atoms with E-state index in [0.29, 0.717) is 16.9 Å². The number of carbonyl (C=O) groups is 1. The Balaban J connectivity index is 1.29. The number of aromatic nitrogens is 5. The molecule has 0 unspecified atom stereocenters. The Bertz CT molecular complexity index is 1240. The Kier molecular flexibility index (Phi) is 5.71. The summed E-state index contributed by atoms with van der Waals surface area (Å²) in [4.78, 5) is 21.3. The van der Waals surface area contributed by atoms with E-state index in [0.717, 1.165) is 34.9 Å². The predicted molar refractivity (Wildman–Crippen MR) is 123 cm³/mol. The van der Waals surface area contributed by atoms with Crippen LogP contribution in [0.25, 0.3) is 22.6 Å². The van der Waals surface area contributed by atoms with Gasteiger partial charge in [-0.3, -0.25) is 14.3 Å². The predicted octanol–water partition coefficient (Wildman–Crippen LogP) is 5.06. The van der Waals surface area contributed by atoms with Crippen molar-refractivity contribution >= 4 is 34.1 Å². The highest BCUT2D eigenvalue weighted by molar-refractivity contribution is 8.00. The van der Waals surface area contributed by atoms with Crippen LogP contribution in [-0.2, 0) is 4.79 Å². The van der Waals surface area contributed by atoms with Crippen LogP contribution in [0, 0.1) is 5.82 Å². The van der Waals surface area contributed by atoms with Crippen LogP contribution in [-0.4, -0.2) is 35.9 Å². The van der Waals surface area contributed by atoms with Gasteiger partial charge in [0.15, 0.2) is 16.1 Å². The van der Waals surface area contributed by atoms with E-state index >= 15 is 0 Å². The van der Waals surface area contributed by atoms with Gasteiger partial charge in [0, 0.05) is 34.9 Å². The van der Waals surface area contributed by atoms with Gasteiger partial charge >= 0.3 is 0 Å². The van der Waals surface area contributed by atoms with Crippen LogP contribution in [0.15, 0.2) is 59.3 Å². The Morgan fingerprint density at radius 2 is 1.91 bits per heavy atom. The monoisotopic (exact) mass is 466 g/mol. The van der Waals surface area contributed by atoms with Crippen molar-refractivity contribution in [3.05, 3.63) is 60.0 Å². The molecule has 1 aromatic carbocycles. The Morgan fingerprint density at radius 3 is 2.62 bits per heavy atom. The maximum atomic E-state index is 13.1. The van der Waals surface area contributed by atoms with Crippen LogP contribution in [0.3, 0.4) is 0 Å². The zero-order chi connectivity index (χ0) is 22.1. The summed E-state index contributed by atoms with van der Waals surface area (Å²) in [6.07, 6.45) is 5.63. The van der Waals surface area contributed by atoms with Crippen molar-refractivity contribution in [2.45, 2.75) is 36.2 Å². The molecule has 1 amide bonds. The second kappa shape index (κ2) is 8.79. The van der Waals surface area contributed by atoms with Gasteiger partial charge < -0.3 is 5.32 Å². The first-order valence-corrected chi connectivity index (χ1v) is 11.9. The fourth-order valence-electron chi connectivity index (χ4n) is 3.22. The first kappa shape index (κ1) is 20.8. The molecule has 1 aliphatic rings. The van der Waals surface area contributed by atoms with Crippen LogP contribution in [0.5, 0.6) is 0 Å². The summed E-state index contributed by atoms with van der Waals surface area (Å²) in [6, 6.07) is 10.3. The Labute approximate surface area is 192 Å². The molecule has 162 valence electrons. The van der Waals surface area contributed by atoms with E-state index in [9.17, 15) is 9.18 Å². The molecule has 0 aliphatic heterocycles. The summed E-state index contributed by atoms with van der Waals surface area (Å²) in [6.45, 7) is 1.84. The number of rotatable bonds is 7. The number of hydrogen-bond acceptors (Lipinski definition) is 7. The normalized spacial score (nSPS) is 14.3. The van der Waals surface area contributed by atoms with Gasteiger partial charge in [0.1, 0.15) is 5.82 Å². The number of nitrogens with zero attached hydrogens (tertiary/aromatic N) is 5. The topological polar surface area (TPSA) is 85.6 Å². The second-order valence-electron chi connectivity index (χ2n) is 7.44. The van der Waals surface area contributed by atoms with Crippen molar-refractivity contribution in [2.24, 2.45) is 0 Å². The van der Waals surface area contributed by atoms with E-state index in [1.165, 1.54) is 35.2 Å². The fourth-order valence-corrected chi connectivity index (χ4v) is 4.86. The zero-order valence-corrected chi connectivity index (χ0v) is 18.7. The summed E-state index contributed by atoms with van der Waals surface area (Å²) in [5, 5.41) is 14.3. The number of nitrogens with one attached hydrogen (secondary N) is 1. The van der Waals surface area contributed by atoms with E-state index in [2.05, 4.69) is 30.0 Å². The smallest absolute Gasteiger partial charge is 0.239 e. The number of halogens is 1. The largest absolute Gasteiger partial charge is 0.301 e. The lowest BCUT2D eigenvalue weighted by Crippen LogP contribution is -2.22. The standard InChI is InChI=1S/C22H19FN6OS2/c1-13(20(30)26-21-25-18(12-31-21)14-2-4-16(23)5-3-14)32-22-28-27-19(29(22)17-6-7-17)15-8-10-24-11-9-15/h2-5,8-13,17H,6-7H2,1H3,(H,25,26,30)/t13-/m0/s1. The summed E-state index contributed by atoms with van der Waals surface area (Å²) in [5.41, 5.74) is 2.45. The maximum absolute atomic E-state index is 13.1. The minimum atomic E-state index is -0.389. The zero-order valence-electron chi connectivity index (χ0n) is 17.1. The highest BCUT2D eigenvalue weighted by Crippen LogP contribution is 2.41.